The van der Waals surface area contributed by atoms with Crippen LogP contribution in [0.1, 0.15) is 35.7 Å². The molecule has 1 aromatic carbocycles. The van der Waals surface area contributed by atoms with Crippen LogP contribution < -0.4 is 10.6 Å². The maximum atomic E-state index is 11.7. The van der Waals surface area contributed by atoms with E-state index >= 15 is 0 Å². The lowest BCUT2D eigenvalue weighted by molar-refractivity contribution is 0.0953. The van der Waals surface area contributed by atoms with Crippen molar-refractivity contribution in [1.82, 2.24) is 10.6 Å². The second kappa shape index (κ2) is 8.13. The van der Waals surface area contributed by atoms with Crippen molar-refractivity contribution in [1.29, 1.82) is 0 Å². The molecule has 0 atom stereocenters. The summed E-state index contributed by atoms with van der Waals surface area (Å²) in [7, 11) is 1.32. The molecule has 5 nitrogen and oxygen atoms in total. The molecule has 0 aromatic heterocycles. The Morgan fingerprint density at radius 3 is 2.42 bits per heavy atom. The Hall–Kier alpha value is -2.04. The van der Waals surface area contributed by atoms with Gasteiger partial charge in [-0.25, -0.2) is 4.79 Å². The highest BCUT2D eigenvalue weighted by atomic mass is 16.5. The SMILES string of the molecule is CCCCNC(=O)c1ccc(CNC(=O)OC)cc1. The van der Waals surface area contributed by atoms with Crippen molar-refractivity contribution in [3.05, 3.63) is 35.4 Å². The smallest absolute Gasteiger partial charge is 0.407 e. The minimum Gasteiger partial charge on any atom is -0.453 e. The first kappa shape index (κ1) is 15.0. The zero-order chi connectivity index (χ0) is 14.1. The minimum atomic E-state index is -0.471. The van der Waals surface area contributed by atoms with E-state index in [1.807, 2.05) is 12.1 Å². The lowest BCUT2D eigenvalue weighted by Crippen LogP contribution is -2.24. The first-order valence-electron chi connectivity index (χ1n) is 6.36. The van der Waals surface area contributed by atoms with Crippen molar-refractivity contribution in [3.63, 3.8) is 0 Å². The molecule has 0 unspecified atom stereocenters. The quantitative estimate of drug-likeness (QED) is 0.773. The third-order valence-electron chi connectivity index (χ3n) is 2.65. The van der Waals surface area contributed by atoms with Gasteiger partial charge in [0.25, 0.3) is 5.91 Å². The molecule has 0 aliphatic carbocycles. The highest BCUT2D eigenvalue weighted by Crippen LogP contribution is 2.04. The zero-order valence-corrected chi connectivity index (χ0v) is 11.4. The largest absolute Gasteiger partial charge is 0.453 e. The van der Waals surface area contributed by atoms with Gasteiger partial charge >= 0.3 is 6.09 Å². The van der Waals surface area contributed by atoms with Crippen LogP contribution in [-0.4, -0.2) is 25.7 Å². The molecular weight excluding hydrogens is 244 g/mol. The second-order valence-electron chi connectivity index (χ2n) is 4.15. The topological polar surface area (TPSA) is 67.4 Å². The van der Waals surface area contributed by atoms with Gasteiger partial charge in [0.15, 0.2) is 0 Å². The molecule has 0 fully saturated rings. The number of alkyl carbamates (subject to hydrolysis) is 1. The Labute approximate surface area is 113 Å². The minimum absolute atomic E-state index is 0.0686. The first-order valence-corrected chi connectivity index (χ1v) is 6.36. The van der Waals surface area contributed by atoms with Crippen molar-refractivity contribution in [2.24, 2.45) is 0 Å². The Balaban J connectivity index is 2.46. The highest BCUT2D eigenvalue weighted by Gasteiger charge is 2.05. The van der Waals surface area contributed by atoms with Crippen molar-refractivity contribution < 1.29 is 14.3 Å². The molecule has 0 saturated carbocycles. The van der Waals surface area contributed by atoms with Crippen LogP contribution in [0.3, 0.4) is 0 Å². The van der Waals surface area contributed by atoms with Crippen LogP contribution in [0.25, 0.3) is 0 Å². The number of nitrogens with one attached hydrogen (secondary N) is 2. The third kappa shape index (κ3) is 5.42. The van der Waals surface area contributed by atoms with Crippen LogP contribution in [0.2, 0.25) is 0 Å². The molecule has 0 heterocycles. The predicted octanol–water partition coefficient (Wildman–Crippen LogP) is 2.07. The van der Waals surface area contributed by atoms with Gasteiger partial charge in [0.2, 0.25) is 0 Å². The van der Waals surface area contributed by atoms with Crippen LogP contribution in [-0.2, 0) is 11.3 Å². The molecule has 0 bridgehead atoms. The number of hydrogen-bond donors (Lipinski definition) is 2. The zero-order valence-electron chi connectivity index (χ0n) is 11.4. The lowest BCUT2D eigenvalue weighted by Gasteiger charge is -2.06. The van der Waals surface area contributed by atoms with Gasteiger partial charge in [0.1, 0.15) is 0 Å². The highest BCUT2D eigenvalue weighted by molar-refractivity contribution is 5.94. The summed E-state index contributed by atoms with van der Waals surface area (Å²) in [6.45, 7) is 3.15. The number of unbranched alkanes of at least 4 members (excludes halogenated alkanes) is 1. The van der Waals surface area contributed by atoms with E-state index in [4.69, 9.17) is 0 Å². The van der Waals surface area contributed by atoms with Gasteiger partial charge < -0.3 is 15.4 Å². The van der Waals surface area contributed by atoms with E-state index in [1.54, 1.807) is 12.1 Å². The molecule has 104 valence electrons. The van der Waals surface area contributed by atoms with E-state index < -0.39 is 6.09 Å². The summed E-state index contributed by atoms with van der Waals surface area (Å²) in [6.07, 6.45) is 1.56. The standard InChI is InChI=1S/C14H20N2O3/c1-3-4-9-15-13(17)12-7-5-11(6-8-12)10-16-14(18)19-2/h5-8H,3-4,9-10H2,1-2H3,(H,15,17)(H,16,18). The molecular formula is C14H20N2O3. The molecule has 2 N–H and O–H groups in total. The Morgan fingerprint density at radius 2 is 1.84 bits per heavy atom. The number of benzene rings is 1. The van der Waals surface area contributed by atoms with Gasteiger partial charge in [0.05, 0.1) is 7.11 Å². The van der Waals surface area contributed by atoms with Gasteiger partial charge in [-0.1, -0.05) is 25.5 Å². The van der Waals surface area contributed by atoms with Gasteiger partial charge in [0, 0.05) is 18.7 Å². The summed E-state index contributed by atoms with van der Waals surface area (Å²) >= 11 is 0. The van der Waals surface area contributed by atoms with Gasteiger partial charge in [-0.05, 0) is 24.1 Å². The van der Waals surface area contributed by atoms with Gasteiger partial charge in [-0.3, -0.25) is 4.79 Å². The van der Waals surface area contributed by atoms with Crippen molar-refractivity contribution in [3.8, 4) is 0 Å². The number of hydrogen-bond acceptors (Lipinski definition) is 3. The fraction of sp³-hybridized carbons (Fsp3) is 0.429. The summed E-state index contributed by atoms with van der Waals surface area (Å²) in [4.78, 5) is 22.7. The fourth-order valence-corrected chi connectivity index (χ4v) is 1.50. The van der Waals surface area contributed by atoms with E-state index in [9.17, 15) is 9.59 Å². The summed E-state index contributed by atoms with van der Waals surface area (Å²) in [5.41, 5.74) is 1.54. The van der Waals surface area contributed by atoms with E-state index in [-0.39, 0.29) is 5.91 Å². The van der Waals surface area contributed by atoms with Crippen LogP contribution in [0, 0.1) is 0 Å². The Bertz CT molecular complexity index is 415. The number of ether oxygens (including phenoxy) is 1. The number of methoxy groups -OCH3 is 1. The maximum absolute atomic E-state index is 11.7. The second-order valence-corrected chi connectivity index (χ2v) is 4.15. The van der Waals surface area contributed by atoms with Gasteiger partial charge in [-0.2, -0.15) is 0 Å². The molecule has 1 aromatic rings. The number of rotatable bonds is 6. The van der Waals surface area contributed by atoms with Gasteiger partial charge in [-0.15, -0.1) is 0 Å². The molecule has 2 amide bonds. The molecule has 0 aliphatic rings. The molecule has 19 heavy (non-hydrogen) atoms. The normalized spacial score (nSPS) is 9.79. The predicted molar refractivity (Wildman–Crippen MR) is 72.9 cm³/mol. The number of amides is 2. The van der Waals surface area contributed by atoms with Crippen molar-refractivity contribution in [2.75, 3.05) is 13.7 Å². The number of carbonyl (C=O) groups excluding carboxylic acids is 2. The van der Waals surface area contributed by atoms with E-state index in [2.05, 4.69) is 22.3 Å². The molecule has 0 radical (unpaired) electrons. The molecule has 0 spiro atoms. The van der Waals surface area contributed by atoms with E-state index in [0.29, 0.717) is 18.7 Å². The fourth-order valence-electron chi connectivity index (χ4n) is 1.50. The number of carbonyl (C=O) groups is 2. The molecule has 1 rings (SSSR count). The van der Waals surface area contributed by atoms with E-state index in [0.717, 1.165) is 18.4 Å². The molecule has 5 heteroatoms. The van der Waals surface area contributed by atoms with Crippen LogP contribution in [0.15, 0.2) is 24.3 Å². The molecule has 0 saturated heterocycles. The average Bonchev–Trinajstić information content (AvgIpc) is 2.45. The summed E-state index contributed by atoms with van der Waals surface area (Å²) < 4.78 is 4.47. The monoisotopic (exact) mass is 264 g/mol. The lowest BCUT2D eigenvalue weighted by atomic mass is 10.1. The van der Waals surface area contributed by atoms with E-state index in [1.165, 1.54) is 7.11 Å². The van der Waals surface area contributed by atoms with Crippen LogP contribution in [0.5, 0.6) is 0 Å². The van der Waals surface area contributed by atoms with Crippen LogP contribution >= 0.6 is 0 Å². The Morgan fingerprint density at radius 1 is 1.16 bits per heavy atom. The first-order chi connectivity index (χ1) is 9.17. The average molecular weight is 264 g/mol. The summed E-state index contributed by atoms with van der Waals surface area (Å²) in [5, 5.41) is 5.43. The third-order valence-corrected chi connectivity index (χ3v) is 2.65. The maximum Gasteiger partial charge on any atom is 0.407 e. The van der Waals surface area contributed by atoms with Crippen molar-refractivity contribution >= 4 is 12.0 Å². The Kier molecular flexibility index (Phi) is 6.43. The summed E-state index contributed by atoms with van der Waals surface area (Å²) in [6, 6.07) is 7.11. The molecule has 0 aliphatic heterocycles. The van der Waals surface area contributed by atoms with Crippen LogP contribution in [0.4, 0.5) is 4.79 Å². The van der Waals surface area contributed by atoms with Crippen molar-refractivity contribution in [2.45, 2.75) is 26.3 Å². The summed E-state index contributed by atoms with van der Waals surface area (Å²) in [5.74, 6) is -0.0686.